The van der Waals surface area contributed by atoms with Crippen LogP contribution in [0, 0.1) is 0 Å². The molecule has 1 amide bonds. The van der Waals surface area contributed by atoms with Gasteiger partial charge in [-0.25, -0.2) is 9.37 Å². The number of carbonyl (C=O) groups is 1. The third kappa shape index (κ3) is 6.05. The maximum Gasteiger partial charge on any atom is 0.418 e. The highest BCUT2D eigenvalue weighted by atomic mass is 19.4. The molecule has 4 N–H and O–H groups in total. The first-order valence-corrected chi connectivity index (χ1v) is 8.13. The van der Waals surface area contributed by atoms with Crippen LogP contribution in [0.1, 0.15) is 35.6 Å². The number of alkyl halides is 6. The van der Waals surface area contributed by atoms with Crippen molar-refractivity contribution >= 4 is 17.2 Å². The molecule has 0 aromatic carbocycles. The number of nitrogens with one attached hydrogen (secondary N) is 1. The quantitative estimate of drug-likeness (QED) is 0.457. The van der Waals surface area contributed by atoms with E-state index in [-0.39, 0.29) is 5.57 Å². The van der Waals surface area contributed by atoms with Crippen LogP contribution in [-0.4, -0.2) is 34.3 Å². The minimum Gasteiger partial charge on any atom is -0.397 e. The van der Waals surface area contributed by atoms with Gasteiger partial charge >= 0.3 is 12.4 Å². The number of aromatic nitrogens is 1. The molecule has 0 saturated heterocycles. The summed E-state index contributed by atoms with van der Waals surface area (Å²) in [5.74, 6) is -2.20. The van der Waals surface area contributed by atoms with E-state index in [1.807, 2.05) is 0 Å². The van der Waals surface area contributed by atoms with Crippen LogP contribution in [0.15, 0.2) is 36.7 Å². The second-order valence-corrected chi connectivity index (χ2v) is 6.38. The van der Waals surface area contributed by atoms with Gasteiger partial charge in [0.05, 0.1) is 23.5 Å². The Hall–Kier alpha value is -2.89. The van der Waals surface area contributed by atoms with Gasteiger partial charge in [-0.3, -0.25) is 4.79 Å². The van der Waals surface area contributed by atoms with Crippen molar-refractivity contribution in [2.75, 3.05) is 12.3 Å². The van der Waals surface area contributed by atoms with Crippen molar-refractivity contribution in [3.05, 3.63) is 53.7 Å². The third-order valence-corrected chi connectivity index (χ3v) is 3.84. The molecule has 12 heteroatoms. The first-order valence-electron chi connectivity index (χ1n) is 8.13. The molecule has 1 heterocycles. The number of amides is 1. The van der Waals surface area contributed by atoms with Crippen molar-refractivity contribution in [1.82, 2.24) is 10.3 Å². The Labute approximate surface area is 166 Å². The molecule has 0 aliphatic rings. The molecule has 0 aliphatic heterocycles. The first kappa shape index (κ1) is 25.1. The van der Waals surface area contributed by atoms with Gasteiger partial charge in [0.2, 0.25) is 0 Å². The number of nitrogens with zero attached hydrogens (tertiary/aromatic N) is 1. The number of pyridine rings is 1. The van der Waals surface area contributed by atoms with Crippen LogP contribution in [0.2, 0.25) is 0 Å². The van der Waals surface area contributed by atoms with E-state index in [4.69, 9.17) is 5.73 Å². The molecule has 0 spiro atoms. The highest BCUT2D eigenvalue weighted by molar-refractivity contribution is 5.97. The fraction of sp³-hybridized carbons (Fsp3) is 0.333. The maximum atomic E-state index is 13.3. The molecule has 1 unspecified atom stereocenters. The van der Waals surface area contributed by atoms with Gasteiger partial charge in [0.15, 0.2) is 11.3 Å². The zero-order chi connectivity index (χ0) is 23.5. The summed E-state index contributed by atoms with van der Waals surface area (Å²) >= 11 is 0. The lowest BCUT2D eigenvalue weighted by molar-refractivity contribution is -0.249. The van der Waals surface area contributed by atoms with Crippen LogP contribution in [-0.2, 0) is 6.18 Å². The topological polar surface area (TPSA) is 88.2 Å². The zero-order valence-corrected chi connectivity index (χ0v) is 15.7. The summed E-state index contributed by atoms with van der Waals surface area (Å²) in [6.07, 6.45) is -7.47. The van der Waals surface area contributed by atoms with E-state index in [1.54, 1.807) is 5.32 Å². The molecule has 1 atom stereocenters. The lowest BCUT2D eigenvalue weighted by Crippen LogP contribution is -2.51. The van der Waals surface area contributed by atoms with Crippen LogP contribution in [0.3, 0.4) is 0 Å². The molecule has 1 aromatic rings. The monoisotopic (exact) mass is 441 g/mol. The largest absolute Gasteiger partial charge is 0.418 e. The predicted octanol–water partition coefficient (Wildman–Crippen LogP) is 4.17. The average molecular weight is 441 g/mol. The summed E-state index contributed by atoms with van der Waals surface area (Å²) < 4.78 is 91.2. The summed E-state index contributed by atoms with van der Waals surface area (Å²) in [5, 5.41) is 11.1. The van der Waals surface area contributed by atoms with Crippen molar-refractivity contribution in [1.29, 1.82) is 0 Å². The molecular formula is C18H18F7N3O2. The normalized spacial score (nSPS) is 15.5. The average Bonchev–Trinajstić information content (AvgIpc) is 2.61. The zero-order valence-electron chi connectivity index (χ0n) is 15.7. The fourth-order valence-corrected chi connectivity index (χ4v) is 2.02. The van der Waals surface area contributed by atoms with Crippen LogP contribution in [0.25, 0.3) is 5.57 Å². The fourth-order valence-electron chi connectivity index (χ4n) is 2.02. The van der Waals surface area contributed by atoms with Crippen LogP contribution < -0.4 is 11.1 Å². The molecule has 30 heavy (non-hydrogen) atoms. The number of hydrogen-bond acceptors (Lipinski definition) is 4. The second-order valence-electron chi connectivity index (χ2n) is 6.38. The van der Waals surface area contributed by atoms with E-state index < -0.39 is 58.9 Å². The van der Waals surface area contributed by atoms with E-state index in [0.29, 0.717) is 13.0 Å². The van der Waals surface area contributed by atoms with Gasteiger partial charge < -0.3 is 16.2 Å². The Morgan fingerprint density at radius 1 is 1.23 bits per heavy atom. The number of rotatable bonds is 6. The summed E-state index contributed by atoms with van der Waals surface area (Å²) in [4.78, 5) is 15.7. The molecule has 0 fully saturated rings. The molecule has 1 rings (SSSR count). The number of nitrogen functional groups attached to an aromatic ring is 1. The van der Waals surface area contributed by atoms with Crippen LogP contribution >= 0.6 is 0 Å². The summed E-state index contributed by atoms with van der Waals surface area (Å²) in [6.45, 7) is 3.39. The Balaban J connectivity index is 3.42. The predicted molar refractivity (Wildman–Crippen MR) is 95.7 cm³/mol. The number of aliphatic hydroxyl groups is 1. The maximum absolute atomic E-state index is 13.3. The van der Waals surface area contributed by atoms with E-state index in [9.17, 15) is 40.6 Å². The lowest BCUT2D eigenvalue weighted by atomic mass is 10.0. The number of carbonyl (C=O) groups excluding carboxylic acids is 1. The summed E-state index contributed by atoms with van der Waals surface area (Å²) in [5.41, 5.74) is -1.73. The Kier molecular flexibility index (Phi) is 7.43. The van der Waals surface area contributed by atoms with Crippen molar-refractivity contribution in [3.8, 4) is 0 Å². The molecule has 0 bridgehead atoms. The van der Waals surface area contributed by atoms with Gasteiger partial charge in [-0.1, -0.05) is 12.7 Å². The molecule has 0 radical (unpaired) electrons. The van der Waals surface area contributed by atoms with Crippen molar-refractivity contribution in [2.45, 2.75) is 31.8 Å². The first-order chi connectivity index (χ1) is 13.5. The molecule has 166 valence electrons. The van der Waals surface area contributed by atoms with Gasteiger partial charge in [-0.2, -0.15) is 26.3 Å². The van der Waals surface area contributed by atoms with Crippen molar-refractivity contribution < 1.29 is 40.6 Å². The second kappa shape index (κ2) is 8.86. The number of hydrogen-bond donors (Lipinski definition) is 3. The highest BCUT2D eigenvalue weighted by Gasteiger charge is 2.50. The van der Waals surface area contributed by atoms with Gasteiger partial charge in [0.1, 0.15) is 5.83 Å². The summed E-state index contributed by atoms with van der Waals surface area (Å²) in [6, 6.07) is 0.393. The van der Waals surface area contributed by atoms with E-state index in [1.165, 1.54) is 0 Å². The molecule has 5 nitrogen and oxygen atoms in total. The summed E-state index contributed by atoms with van der Waals surface area (Å²) in [7, 11) is 0. The molecule has 0 saturated carbocycles. The Bertz CT molecular complexity index is 885. The van der Waals surface area contributed by atoms with E-state index in [0.717, 1.165) is 25.2 Å². The number of nitrogens with two attached hydrogens (primary N) is 1. The number of halogens is 7. The van der Waals surface area contributed by atoms with E-state index in [2.05, 4.69) is 11.6 Å². The van der Waals surface area contributed by atoms with Gasteiger partial charge in [0, 0.05) is 0 Å². The lowest BCUT2D eigenvalue weighted by Gasteiger charge is -2.26. The Morgan fingerprint density at radius 2 is 1.80 bits per heavy atom. The van der Waals surface area contributed by atoms with Gasteiger partial charge in [0.25, 0.3) is 5.91 Å². The van der Waals surface area contributed by atoms with Crippen molar-refractivity contribution in [2.24, 2.45) is 0 Å². The van der Waals surface area contributed by atoms with Crippen LogP contribution in [0.5, 0.6) is 0 Å². The Morgan fingerprint density at radius 3 is 2.27 bits per heavy atom. The molecule has 1 aromatic heterocycles. The van der Waals surface area contributed by atoms with Crippen LogP contribution in [0.4, 0.5) is 36.4 Å². The number of allylic oxidation sites excluding steroid dienone is 5. The molecular weight excluding hydrogens is 423 g/mol. The van der Waals surface area contributed by atoms with Crippen molar-refractivity contribution in [3.63, 3.8) is 0 Å². The van der Waals surface area contributed by atoms with E-state index >= 15 is 0 Å². The SMILES string of the molecule is C=C/C(F)=C\C=C(/C)c1nc(C(=O)NCC(C)(O)C(F)(F)F)c(N)cc1C(F)(F)F. The third-order valence-electron chi connectivity index (χ3n) is 3.84. The van der Waals surface area contributed by atoms with Gasteiger partial charge in [-0.15, -0.1) is 0 Å². The minimum absolute atomic E-state index is 0.212. The molecule has 0 aliphatic carbocycles. The standard InChI is InChI=1S/C18H18F7N3O2/c1-4-10(19)6-5-9(2)13-11(17(20,21)22)7-12(26)14(28-13)15(29)27-8-16(3,30)18(23,24)25/h4-7,30H,1,8,26H2,2-3H3,(H,27,29)/b9-5+,10-6+. The van der Waals surface area contributed by atoms with Gasteiger partial charge in [-0.05, 0) is 37.6 Å². The number of anilines is 1. The smallest absolute Gasteiger partial charge is 0.397 e. The minimum atomic E-state index is -5.08. The highest BCUT2D eigenvalue weighted by Crippen LogP contribution is 2.36.